The van der Waals surface area contributed by atoms with Crippen LogP contribution in [0.1, 0.15) is 30.3 Å². The lowest BCUT2D eigenvalue weighted by atomic mass is 10.0. The second-order valence-electron chi connectivity index (χ2n) is 4.66. The highest BCUT2D eigenvalue weighted by Gasteiger charge is 2.24. The Bertz CT molecular complexity index is 549. The number of nitrogens with two attached hydrogens (primary N) is 1. The number of benzene rings is 1. The molecule has 0 spiro atoms. The summed E-state index contributed by atoms with van der Waals surface area (Å²) in [6.07, 6.45) is 1.74. The van der Waals surface area contributed by atoms with Gasteiger partial charge in [-0.2, -0.15) is 5.10 Å². The van der Waals surface area contributed by atoms with Gasteiger partial charge in [0, 0.05) is 11.5 Å². The van der Waals surface area contributed by atoms with Crippen LogP contribution in [-0.2, 0) is 6.54 Å². The van der Waals surface area contributed by atoms with Gasteiger partial charge in [0.05, 0.1) is 19.2 Å². The van der Waals surface area contributed by atoms with Crippen LogP contribution in [0.15, 0.2) is 30.6 Å². The molecule has 2 atom stereocenters. The van der Waals surface area contributed by atoms with E-state index in [9.17, 15) is 0 Å². The van der Waals surface area contributed by atoms with Crippen molar-refractivity contribution in [3.63, 3.8) is 0 Å². The van der Waals surface area contributed by atoms with Crippen molar-refractivity contribution in [2.24, 2.45) is 5.73 Å². The van der Waals surface area contributed by atoms with Crippen molar-refractivity contribution in [3.8, 4) is 5.75 Å². The number of aromatic nitrogens is 3. The molecule has 1 aromatic carbocycles. The van der Waals surface area contributed by atoms with Gasteiger partial charge in [0.1, 0.15) is 12.1 Å². The van der Waals surface area contributed by atoms with Gasteiger partial charge in [0.25, 0.3) is 0 Å². The zero-order chi connectivity index (χ0) is 12.5. The van der Waals surface area contributed by atoms with Gasteiger partial charge in [-0.3, -0.25) is 4.68 Å². The van der Waals surface area contributed by atoms with Crippen molar-refractivity contribution >= 4 is 0 Å². The third-order valence-corrected chi connectivity index (χ3v) is 3.17. The minimum absolute atomic E-state index is 0.127. The Balaban J connectivity index is 1.78. The molecule has 2 N–H and O–H groups in total. The molecule has 2 heterocycles. The highest BCUT2D eigenvalue weighted by Crippen LogP contribution is 2.34. The summed E-state index contributed by atoms with van der Waals surface area (Å²) in [6.45, 7) is 3.36. The molecule has 5 nitrogen and oxygen atoms in total. The Kier molecular flexibility index (Phi) is 2.76. The summed E-state index contributed by atoms with van der Waals surface area (Å²) in [5.74, 6) is 2.00. The minimum atomic E-state index is -0.127. The van der Waals surface area contributed by atoms with Crippen molar-refractivity contribution in [1.82, 2.24) is 14.8 Å². The Morgan fingerprint density at radius 3 is 3.11 bits per heavy atom. The molecule has 0 fully saturated rings. The molecular weight excluding hydrogens is 228 g/mol. The fourth-order valence-corrected chi connectivity index (χ4v) is 2.21. The summed E-state index contributed by atoms with van der Waals surface area (Å²) in [4.78, 5) is 4.20. The van der Waals surface area contributed by atoms with E-state index in [0.29, 0.717) is 18.3 Å². The Morgan fingerprint density at radius 1 is 1.50 bits per heavy atom. The maximum absolute atomic E-state index is 5.75. The SMILES string of the molecule is CC(N)c1ncn(CC2COc3ccccc32)n1. The quantitative estimate of drug-likeness (QED) is 0.888. The van der Waals surface area contributed by atoms with Crippen LogP contribution >= 0.6 is 0 Å². The van der Waals surface area contributed by atoms with Gasteiger partial charge >= 0.3 is 0 Å². The van der Waals surface area contributed by atoms with E-state index in [4.69, 9.17) is 10.5 Å². The first-order chi connectivity index (χ1) is 8.74. The second-order valence-corrected chi connectivity index (χ2v) is 4.66. The number of para-hydroxylation sites is 1. The van der Waals surface area contributed by atoms with E-state index in [-0.39, 0.29) is 6.04 Å². The maximum Gasteiger partial charge on any atom is 0.166 e. The predicted octanol–water partition coefficient (Wildman–Crippen LogP) is 1.47. The van der Waals surface area contributed by atoms with Gasteiger partial charge in [-0.25, -0.2) is 4.98 Å². The first kappa shape index (κ1) is 11.2. The molecule has 0 amide bonds. The summed E-state index contributed by atoms with van der Waals surface area (Å²) in [5, 5.41) is 4.37. The van der Waals surface area contributed by atoms with Gasteiger partial charge in [0.15, 0.2) is 5.82 Å². The van der Waals surface area contributed by atoms with Crippen LogP contribution in [-0.4, -0.2) is 21.4 Å². The molecule has 2 unspecified atom stereocenters. The van der Waals surface area contributed by atoms with E-state index < -0.39 is 0 Å². The lowest BCUT2D eigenvalue weighted by Gasteiger charge is -2.08. The highest BCUT2D eigenvalue weighted by molar-refractivity contribution is 5.39. The van der Waals surface area contributed by atoms with Crippen LogP contribution in [0.25, 0.3) is 0 Å². The third-order valence-electron chi connectivity index (χ3n) is 3.17. The fourth-order valence-electron chi connectivity index (χ4n) is 2.21. The van der Waals surface area contributed by atoms with Crippen molar-refractivity contribution in [2.45, 2.75) is 25.4 Å². The molecule has 5 heteroatoms. The molecule has 94 valence electrons. The maximum atomic E-state index is 5.75. The summed E-state index contributed by atoms with van der Waals surface area (Å²) < 4.78 is 7.49. The van der Waals surface area contributed by atoms with Crippen LogP contribution in [0.2, 0.25) is 0 Å². The standard InChI is InChI=1S/C13H16N4O/c1-9(14)13-15-8-17(16-13)6-10-7-18-12-5-3-2-4-11(10)12/h2-5,8-10H,6-7,14H2,1H3. The number of nitrogens with zero attached hydrogens (tertiary/aromatic N) is 3. The first-order valence-corrected chi connectivity index (χ1v) is 6.10. The third kappa shape index (κ3) is 1.97. The average Bonchev–Trinajstić information content (AvgIpc) is 2.98. The Hall–Kier alpha value is -1.88. The summed E-state index contributed by atoms with van der Waals surface area (Å²) in [6, 6.07) is 8.01. The molecule has 3 rings (SSSR count). The minimum Gasteiger partial charge on any atom is -0.493 e. The summed E-state index contributed by atoms with van der Waals surface area (Å²) >= 11 is 0. The second kappa shape index (κ2) is 4.42. The lowest BCUT2D eigenvalue weighted by Crippen LogP contribution is -2.13. The van der Waals surface area contributed by atoms with Crippen LogP contribution in [0.3, 0.4) is 0 Å². The highest BCUT2D eigenvalue weighted by atomic mass is 16.5. The van der Waals surface area contributed by atoms with Gasteiger partial charge < -0.3 is 10.5 Å². The Morgan fingerprint density at radius 2 is 2.33 bits per heavy atom. The van der Waals surface area contributed by atoms with Gasteiger partial charge in [-0.1, -0.05) is 18.2 Å². The predicted molar refractivity (Wildman–Crippen MR) is 67.3 cm³/mol. The van der Waals surface area contributed by atoms with Crippen LogP contribution in [0.5, 0.6) is 5.75 Å². The number of rotatable bonds is 3. The molecule has 1 aliphatic heterocycles. The molecule has 1 aromatic heterocycles. The largest absolute Gasteiger partial charge is 0.493 e. The van der Waals surface area contributed by atoms with Crippen molar-refractivity contribution in [3.05, 3.63) is 42.0 Å². The van der Waals surface area contributed by atoms with E-state index in [1.165, 1.54) is 5.56 Å². The summed E-state index contributed by atoms with van der Waals surface area (Å²) in [5.41, 5.74) is 6.99. The fraction of sp³-hybridized carbons (Fsp3) is 0.385. The van der Waals surface area contributed by atoms with E-state index in [0.717, 1.165) is 12.3 Å². The molecule has 0 radical (unpaired) electrons. The van der Waals surface area contributed by atoms with Gasteiger partial charge in [0.2, 0.25) is 0 Å². The van der Waals surface area contributed by atoms with Crippen molar-refractivity contribution in [1.29, 1.82) is 0 Å². The number of hydrogen-bond donors (Lipinski definition) is 1. The number of ether oxygens (including phenoxy) is 1. The molecule has 0 aliphatic carbocycles. The Labute approximate surface area is 106 Å². The molecule has 1 aliphatic rings. The van der Waals surface area contributed by atoms with E-state index in [2.05, 4.69) is 16.1 Å². The zero-order valence-electron chi connectivity index (χ0n) is 10.3. The van der Waals surface area contributed by atoms with Crippen LogP contribution in [0, 0.1) is 0 Å². The topological polar surface area (TPSA) is 66.0 Å². The molecule has 0 bridgehead atoms. The summed E-state index contributed by atoms with van der Waals surface area (Å²) in [7, 11) is 0. The lowest BCUT2D eigenvalue weighted by molar-refractivity contribution is 0.314. The van der Waals surface area contributed by atoms with Crippen LogP contribution < -0.4 is 10.5 Å². The average molecular weight is 244 g/mol. The monoisotopic (exact) mass is 244 g/mol. The molecule has 2 aromatic rings. The van der Waals surface area contributed by atoms with Crippen LogP contribution in [0.4, 0.5) is 0 Å². The first-order valence-electron chi connectivity index (χ1n) is 6.10. The smallest absolute Gasteiger partial charge is 0.166 e. The number of hydrogen-bond acceptors (Lipinski definition) is 4. The van der Waals surface area contributed by atoms with E-state index in [1.807, 2.05) is 29.8 Å². The number of fused-ring (bicyclic) bond motifs is 1. The normalized spacial score (nSPS) is 19.3. The van der Waals surface area contributed by atoms with Crippen molar-refractivity contribution < 1.29 is 4.74 Å². The van der Waals surface area contributed by atoms with Crippen molar-refractivity contribution in [2.75, 3.05) is 6.61 Å². The van der Waals surface area contributed by atoms with E-state index in [1.54, 1.807) is 6.33 Å². The van der Waals surface area contributed by atoms with E-state index >= 15 is 0 Å². The zero-order valence-corrected chi connectivity index (χ0v) is 10.3. The van der Waals surface area contributed by atoms with Gasteiger partial charge in [-0.05, 0) is 13.0 Å². The molecule has 18 heavy (non-hydrogen) atoms. The van der Waals surface area contributed by atoms with Gasteiger partial charge in [-0.15, -0.1) is 0 Å². The molecule has 0 saturated carbocycles. The molecule has 0 saturated heterocycles. The molecular formula is C13H16N4O.